The molecule has 1 N–H and O–H groups in total. The molecule has 0 atom stereocenters. The summed E-state index contributed by atoms with van der Waals surface area (Å²) in [6.45, 7) is 6.30. The molecule has 0 spiro atoms. The number of carbonyl (C=O) groups is 1. The Morgan fingerprint density at radius 2 is 2.05 bits per heavy atom. The van der Waals surface area contributed by atoms with Gasteiger partial charge in [-0.2, -0.15) is 0 Å². The van der Waals surface area contributed by atoms with Gasteiger partial charge in [0.2, 0.25) is 0 Å². The molecule has 2 fully saturated rings. The third-order valence-corrected chi connectivity index (χ3v) is 4.80. The van der Waals surface area contributed by atoms with Crippen LogP contribution >= 0.6 is 11.6 Å². The van der Waals surface area contributed by atoms with Gasteiger partial charge in [-0.25, -0.2) is 4.79 Å². The Labute approximate surface area is 131 Å². The fraction of sp³-hybridized carbons (Fsp3) is 0.562. The van der Waals surface area contributed by atoms with Crippen LogP contribution in [0.5, 0.6) is 0 Å². The Morgan fingerprint density at radius 3 is 2.76 bits per heavy atom. The van der Waals surface area contributed by atoms with Gasteiger partial charge in [-0.15, -0.1) is 0 Å². The zero-order valence-corrected chi connectivity index (χ0v) is 13.2. The van der Waals surface area contributed by atoms with Crippen molar-refractivity contribution in [3.63, 3.8) is 0 Å². The molecule has 21 heavy (non-hydrogen) atoms. The van der Waals surface area contributed by atoms with Crippen LogP contribution in [0.15, 0.2) is 18.2 Å². The molecule has 2 heterocycles. The van der Waals surface area contributed by atoms with Crippen LogP contribution in [-0.2, 0) is 6.54 Å². The predicted molar refractivity (Wildman–Crippen MR) is 84.6 cm³/mol. The quantitative estimate of drug-likeness (QED) is 0.932. The predicted octanol–water partition coefficient (Wildman–Crippen LogP) is 2.64. The van der Waals surface area contributed by atoms with Crippen molar-refractivity contribution in [3.05, 3.63) is 34.3 Å². The van der Waals surface area contributed by atoms with Crippen LogP contribution in [0.2, 0.25) is 5.02 Å². The molecule has 0 saturated carbocycles. The molecule has 0 aliphatic carbocycles. The van der Waals surface area contributed by atoms with Gasteiger partial charge in [0, 0.05) is 30.7 Å². The zero-order chi connectivity index (χ0) is 14.8. The Morgan fingerprint density at radius 1 is 1.29 bits per heavy atom. The lowest BCUT2D eigenvalue weighted by Crippen LogP contribution is -2.45. The number of nitrogens with zero attached hydrogens (tertiary/aromatic N) is 2. The molecular formula is C16H22ClN3O. The average Bonchev–Trinajstić information content (AvgIpc) is 2.84. The van der Waals surface area contributed by atoms with Gasteiger partial charge in [0.05, 0.1) is 0 Å². The van der Waals surface area contributed by atoms with E-state index in [1.807, 2.05) is 34.9 Å². The van der Waals surface area contributed by atoms with Gasteiger partial charge >= 0.3 is 6.03 Å². The summed E-state index contributed by atoms with van der Waals surface area (Å²) < 4.78 is 0. The Bertz CT molecular complexity index is 528. The van der Waals surface area contributed by atoms with E-state index in [0.29, 0.717) is 12.6 Å². The fourth-order valence-electron chi connectivity index (χ4n) is 3.19. The minimum Gasteiger partial charge on any atom is -0.320 e. The topological polar surface area (TPSA) is 35.6 Å². The highest BCUT2D eigenvalue weighted by Gasteiger charge is 2.34. The number of piperidine rings is 1. The molecule has 0 radical (unpaired) electrons. The summed E-state index contributed by atoms with van der Waals surface area (Å²) in [5.41, 5.74) is 2.18. The SMILES string of the molecule is Cc1ccc(CN2CCN(C3CCNCC3)C2=O)c(Cl)c1. The van der Waals surface area contributed by atoms with Crippen molar-refractivity contribution in [1.29, 1.82) is 0 Å². The summed E-state index contributed by atoms with van der Waals surface area (Å²) in [4.78, 5) is 16.5. The van der Waals surface area contributed by atoms with Crippen molar-refractivity contribution in [2.24, 2.45) is 0 Å². The number of hydrogen-bond donors (Lipinski definition) is 1. The van der Waals surface area contributed by atoms with E-state index in [4.69, 9.17) is 11.6 Å². The number of rotatable bonds is 3. The maximum atomic E-state index is 12.6. The molecular weight excluding hydrogens is 286 g/mol. The summed E-state index contributed by atoms with van der Waals surface area (Å²) >= 11 is 6.28. The molecule has 5 heteroatoms. The molecule has 2 aliphatic rings. The van der Waals surface area contributed by atoms with Crippen LogP contribution in [0.25, 0.3) is 0 Å². The second kappa shape index (κ2) is 6.24. The van der Waals surface area contributed by atoms with Crippen LogP contribution in [0, 0.1) is 6.92 Å². The molecule has 2 amide bonds. The van der Waals surface area contributed by atoms with Crippen molar-refractivity contribution >= 4 is 17.6 Å². The van der Waals surface area contributed by atoms with Crippen LogP contribution < -0.4 is 5.32 Å². The normalized spacial score (nSPS) is 20.4. The van der Waals surface area contributed by atoms with Gasteiger partial charge in [-0.3, -0.25) is 0 Å². The van der Waals surface area contributed by atoms with E-state index in [2.05, 4.69) is 5.32 Å². The van der Waals surface area contributed by atoms with E-state index in [1.165, 1.54) is 0 Å². The summed E-state index contributed by atoms with van der Waals surface area (Å²) in [6.07, 6.45) is 2.12. The van der Waals surface area contributed by atoms with E-state index >= 15 is 0 Å². The van der Waals surface area contributed by atoms with Gasteiger partial charge in [0.1, 0.15) is 0 Å². The van der Waals surface area contributed by atoms with E-state index in [1.54, 1.807) is 0 Å². The largest absolute Gasteiger partial charge is 0.320 e. The lowest BCUT2D eigenvalue weighted by Gasteiger charge is -2.31. The Kier molecular flexibility index (Phi) is 4.36. The van der Waals surface area contributed by atoms with Crippen molar-refractivity contribution in [3.8, 4) is 0 Å². The van der Waals surface area contributed by atoms with E-state index in [-0.39, 0.29) is 6.03 Å². The van der Waals surface area contributed by atoms with Crippen molar-refractivity contribution < 1.29 is 4.79 Å². The number of carbonyl (C=O) groups excluding carboxylic acids is 1. The molecule has 4 nitrogen and oxygen atoms in total. The van der Waals surface area contributed by atoms with Crippen LogP contribution in [0.3, 0.4) is 0 Å². The monoisotopic (exact) mass is 307 g/mol. The number of amides is 2. The number of benzene rings is 1. The summed E-state index contributed by atoms with van der Waals surface area (Å²) in [5, 5.41) is 4.10. The van der Waals surface area contributed by atoms with E-state index in [9.17, 15) is 4.79 Å². The molecule has 114 valence electrons. The third kappa shape index (κ3) is 3.16. The molecule has 1 aromatic rings. The van der Waals surface area contributed by atoms with Crippen LogP contribution in [0.1, 0.15) is 24.0 Å². The van der Waals surface area contributed by atoms with Gasteiger partial charge in [0.15, 0.2) is 0 Å². The van der Waals surface area contributed by atoms with Crippen molar-refractivity contribution in [2.75, 3.05) is 26.2 Å². The Hall–Kier alpha value is -1.26. The lowest BCUT2D eigenvalue weighted by atomic mass is 10.1. The third-order valence-electron chi connectivity index (χ3n) is 4.45. The molecule has 0 unspecified atom stereocenters. The highest BCUT2D eigenvalue weighted by molar-refractivity contribution is 6.31. The smallest absolute Gasteiger partial charge is 0.320 e. The minimum atomic E-state index is 0.165. The first-order valence-corrected chi connectivity index (χ1v) is 8.04. The van der Waals surface area contributed by atoms with Crippen LogP contribution in [-0.4, -0.2) is 48.1 Å². The first-order valence-electron chi connectivity index (χ1n) is 7.66. The standard InChI is InChI=1S/C16H22ClN3O/c1-12-2-3-13(15(17)10-12)11-19-8-9-20(16(19)21)14-4-6-18-7-5-14/h2-3,10,14,18H,4-9,11H2,1H3. The summed E-state index contributed by atoms with van der Waals surface area (Å²) in [5.74, 6) is 0. The summed E-state index contributed by atoms with van der Waals surface area (Å²) in [7, 11) is 0. The van der Waals surface area contributed by atoms with Gasteiger partial charge in [0.25, 0.3) is 0 Å². The number of hydrogen-bond acceptors (Lipinski definition) is 2. The van der Waals surface area contributed by atoms with Crippen LogP contribution in [0.4, 0.5) is 4.79 Å². The van der Waals surface area contributed by atoms with Gasteiger partial charge < -0.3 is 15.1 Å². The number of nitrogens with one attached hydrogen (secondary N) is 1. The van der Waals surface area contributed by atoms with E-state index < -0.39 is 0 Å². The summed E-state index contributed by atoms with van der Waals surface area (Å²) in [6, 6.07) is 6.60. The lowest BCUT2D eigenvalue weighted by molar-refractivity contribution is 0.165. The molecule has 3 rings (SSSR count). The average molecular weight is 308 g/mol. The van der Waals surface area contributed by atoms with Crippen molar-refractivity contribution in [2.45, 2.75) is 32.4 Å². The van der Waals surface area contributed by atoms with Gasteiger partial charge in [-0.05, 0) is 50.0 Å². The first-order chi connectivity index (χ1) is 10.1. The minimum absolute atomic E-state index is 0.165. The maximum absolute atomic E-state index is 12.6. The molecule has 1 aromatic carbocycles. The fourth-order valence-corrected chi connectivity index (χ4v) is 3.49. The maximum Gasteiger partial charge on any atom is 0.320 e. The molecule has 0 bridgehead atoms. The van der Waals surface area contributed by atoms with E-state index in [0.717, 1.165) is 55.2 Å². The molecule has 0 aromatic heterocycles. The molecule has 2 saturated heterocycles. The number of urea groups is 1. The zero-order valence-electron chi connectivity index (χ0n) is 12.4. The molecule has 2 aliphatic heterocycles. The Balaban J connectivity index is 1.66. The van der Waals surface area contributed by atoms with Crippen molar-refractivity contribution in [1.82, 2.24) is 15.1 Å². The number of halogens is 1. The second-order valence-electron chi connectivity index (χ2n) is 5.97. The van der Waals surface area contributed by atoms with Gasteiger partial charge in [-0.1, -0.05) is 23.7 Å². The highest BCUT2D eigenvalue weighted by Crippen LogP contribution is 2.24. The number of aryl methyl sites for hydroxylation is 1. The highest BCUT2D eigenvalue weighted by atomic mass is 35.5. The first kappa shape index (κ1) is 14.7. The second-order valence-corrected chi connectivity index (χ2v) is 6.38.